The van der Waals surface area contributed by atoms with Crippen molar-refractivity contribution >= 4 is 23.0 Å². The zero-order valence-corrected chi connectivity index (χ0v) is 16.6. The standard InChI is InChI=1S/C21H27N7/c1-14-6-8-16(24-2)11-15(14)7-9-18(22)19-20(23)25-13-26-21(19)27-17-5-4-10-28(3)12-17/h6,8,11,13,17,22,24H,4-5,10,12H2,1-3H3,(H3,23,25,26,27). The van der Waals surface area contributed by atoms with Crippen LogP contribution in [0.15, 0.2) is 24.5 Å². The van der Waals surface area contributed by atoms with Crippen LogP contribution >= 0.6 is 0 Å². The second-order valence-corrected chi connectivity index (χ2v) is 7.13. The molecule has 2 aromatic rings. The van der Waals surface area contributed by atoms with Crippen LogP contribution in [0.25, 0.3) is 0 Å². The average molecular weight is 377 g/mol. The number of hydrogen-bond acceptors (Lipinski definition) is 7. The Kier molecular flexibility index (Phi) is 6.12. The van der Waals surface area contributed by atoms with Gasteiger partial charge < -0.3 is 21.3 Å². The van der Waals surface area contributed by atoms with Gasteiger partial charge in [-0.1, -0.05) is 12.0 Å². The summed E-state index contributed by atoms with van der Waals surface area (Å²) in [5.74, 6) is 6.86. The Morgan fingerprint density at radius 3 is 2.93 bits per heavy atom. The fraction of sp³-hybridized carbons (Fsp3) is 0.381. The van der Waals surface area contributed by atoms with Crippen molar-refractivity contribution in [2.45, 2.75) is 25.8 Å². The van der Waals surface area contributed by atoms with Crippen LogP contribution in [0.5, 0.6) is 0 Å². The summed E-state index contributed by atoms with van der Waals surface area (Å²) in [6, 6.07) is 6.24. The van der Waals surface area contributed by atoms with Gasteiger partial charge in [-0.2, -0.15) is 0 Å². The van der Waals surface area contributed by atoms with E-state index in [9.17, 15) is 0 Å². The van der Waals surface area contributed by atoms with Crippen molar-refractivity contribution in [2.75, 3.05) is 43.6 Å². The first-order valence-corrected chi connectivity index (χ1v) is 9.43. The minimum absolute atomic E-state index is 0.110. The van der Waals surface area contributed by atoms with Crippen LogP contribution in [-0.4, -0.2) is 53.8 Å². The van der Waals surface area contributed by atoms with Gasteiger partial charge in [-0.25, -0.2) is 9.97 Å². The van der Waals surface area contributed by atoms with Crippen molar-refractivity contribution in [2.24, 2.45) is 0 Å². The first-order chi connectivity index (χ1) is 13.5. The molecular weight excluding hydrogens is 350 g/mol. The van der Waals surface area contributed by atoms with E-state index in [1.807, 2.05) is 32.2 Å². The minimum Gasteiger partial charge on any atom is -0.388 e. The number of rotatable bonds is 4. The van der Waals surface area contributed by atoms with Crippen molar-refractivity contribution in [3.63, 3.8) is 0 Å². The van der Waals surface area contributed by atoms with Gasteiger partial charge in [0.1, 0.15) is 23.7 Å². The topological polar surface area (TPSA) is 103 Å². The number of aryl methyl sites for hydroxylation is 1. The van der Waals surface area contributed by atoms with Crippen molar-refractivity contribution in [1.82, 2.24) is 14.9 Å². The molecule has 0 aliphatic carbocycles. The number of nitrogens with zero attached hydrogens (tertiary/aromatic N) is 3. The van der Waals surface area contributed by atoms with E-state index in [4.69, 9.17) is 11.1 Å². The number of anilines is 3. The summed E-state index contributed by atoms with van der Waals surface area (Å²) in [6.07, 6.45) is 3.61. The van der Waals surface area contributed by atoms with E-state index in [1.165, 1.54) is 6.33 Å². The Morgan fingerprint density at radius 2 is 2.18 bits per heavy atom. The summed E-state index contributed by atoms with van der Waals surface area (Å²) in [4.78, 5) is 10.7. The predicted molar refractivity (Wildman–Crippen MR) is 115 cm³/mol. The van der Waals surface area contributed by atoms with Gasteiger partial charge in [-0.05, 0) is 57.0 Å². The number of nitrogens with one attached hydrogen (secondary N) is 3. The lowest BCUT2D eigenvalue weighted by Gasteiger charge is -2.31. The molecule has 1 fully saturated rings. The number of aromatic nitrogens is 2. The summed E-state index contributed by atoms with van der Waals surface area (Å²) in [7, 11) is 3.98. The van der Waals surface area contributed by atoms with E-state index >= 15 is 0 Å². The van der Waals surface area contributed by atoms with E-state index in [0.29, 0.717) is 11.4 Å². The molecule has 1 aromatic carbocycles. The largest absolute Gasteiger partial charge is 0.388 e. The van der Waals surface area contributed by atoms with E-state index in [-0.39, 0.29) is 17.6 Å². The summed E-state index contributed by atoms with van der Waals surface area (Å²) >= 11 is 0. The second kappa shape index (κ2) is 8.72. The lowest BCUT2D eigenvalue weighted by atomic mass is 10.0. The van der Waals surface area contributed by atoms with Gasteiger partial charge >= 0.3 is 0 Å². The SMILES string of the molecule is CNc1ccc(C)c(C#CC(=N)c2c(N)ncnc2NC2CCCN(C)C2)c1. The lowest BCUT2D eigenvalue weighted by Crippen LogP contribution is -2.40. The molecule has 0 amide bonds. The molecule has 2 heterocycles. The molecule has 0 saturated carbocycles. The lowest BCUT2D eigenvalue weighted by molar-refractivity contribution is 0.260. The fourth-order valence-electron chi connectivity index (χ4n) is 3.34. The van der Waals surface area contributed by atoms with Gasteiger partial charge in [0.2, 0.25) is 0 Å². The molecule has 7 heteroatoms. The van der Waals surface area contributed by atoms with Gasteiger partial charge in [0.15, 0.2) is 0 Å². The van der Waals surface area contributed by atoms with Crippen LogP contribution in [0.2, 0.25) is 0 Å². The normalized spacial score (nSPS) is 16.8. The third kappa shape index (κ3) is 4.59. The van der Waals surface area contributed by atoms with Crippen molar-refractivity contribution in [3.8, 4) is 11.8 Å². The molecule has 1 aromatic heterocycles. The maximum atomic E-state index is 8.49. The Morgan fingerprint density at radius 1 is 1.36 bits per heavy atom. The van der Waals surface area contributed by atoms with Crippen LogP contribution in [0.1, 0.15) is 29.5 Å². The molecule has 1 aliphatic rings. The molecule has 5 N–H and O–H groups in total. The third-order valence-corrected chi connectivity index (χ3v) is 4.94. The Hall–Kier alpha value is -3.11. The highest BCUT2D eigenvalue weighted by Gasteiger charge is 2.20. The summed E-state index contributed by atoms with van der Waals surface area (Å²) in [5, 5.41) is 15.0. The van der Waals surface area contributed by atoms with Gasteiger partial charge in [-0.3, -0.25) is 5.41 Å². The van der Waals surface area contributed by atoms with E-state index < -0.39 is 0 Å². The summed E-state index contributed by atoms with van der Waals surface area (Å²) in [5.41, 5.74) is 9.56. The zero-order chi connectivity index (χ0) is 20.1. The van der Waals surface area contributed by atoms with Crippen molar-refractivity contribution in [3.05, 3.63) is 41.2 Å². The Balaban J connectivity index is 1.86. The van der Waals surface area contributed by atoms with E-state index in [1.54, 1.807) is 0 Å². The van der Waals surface area contributed by atoms with Crippen molar-refractivity contribution in [1.29, 1.82) is 5.41 Å². The molecule has 0 bridgehead atoms. The van der Waals surface area contributed by atoms with E-state index in [2.05, 4.69) is 44.4 Å². The van der Waals surface area contributed by atoms with Gasteiger partial charge in [0.25, 0.3) is 0 Å². The molecule has 28 heavy (non-hydrogen) atoms. The minimum atomic E-state index is 0.110. The van der Waals surface area contributed by atoms with Crippen molar-refractivity contribution < 1.29 is 0 Å². The molecule has 3 rings (SSSR count). The first-order valence-electron chi connectivity index (χ1n) is 9.43. The monoisotopic (exact) mass is 377 g/mol. The number of likely N-dealkylation sites (N-methyl/N-ethyl adjacent to an activating group) is 1. The number of nitrogen functional groups attached to an aromatic ring is 1. The van der Waals surface area contributed by atoms with Gasteiger partial charge in [0, 0.05) is 30.9 Å². The van der Waals surface area contributed by atoms with Crippen LogP contribution in [0, 0.1) is 24.2 Å². The second-order valence-electron chi connectivity index (χ2n) is 7.13. The molecule has 1 aliphatic heterocycles. The number of benzene rings is 1. The molecule has 146 valence electrons. The number of hydrogen-bond donors (Lipinski definition) is 4. The highest BCUT2D eigenvalue weighted by Crippen LogP contribution is 2.21. The summed E-state index contributed by atoms with van der Waals surface area (Å²) < 4.78 is 0. The smallest absolute Gasteiger partial charge is 0.141 e. The Labute approximate surface area is 166 Å². The maximum absolute atomic E-state index is 8.49. The quantitative estimate of drug-likeness (QED) is 0.482. The molecule has 1 saturated heterocycles. The highest BCUT2D eigenvalue weighted by atomic mass is 15.2. The third-order valence-electron chi connectivity index (χ3n) is 4.94. The molecule has 0 spiro atoms. The predicted octanol–water partition coefficient (Wildman–Crippen LogP) is 2.33. The number of likely N-dealkylation sites (tertiary alicyclic amines) is 1. The average Bonchev–Trinajstić information content (AvgIpc) is 2.67. The van der Waals surface area contributed by atoms with Crippen LogP contribution in [0.4, 0.5) is 17.3 Å². The highest BCUT2D eigenvalue weighted by molar-refractivity contribution is 6.16. The number of nitrogens with two attached hydrogens (primary N) is 1. The maximum Gasteiger partial charge on any atom is 0.141 e. The van der Waals surface area contributed by atoms with Gasteiger partial charge in [-0.15, -0.1) is 0 Å². The van der Waals surface area contributed by atoms with Crippen LogP contribution in [-0.2, 0) is 0 Å². The number of piperidine rings is 1. The van der Waals surface area contributed by atoms with Crippen LogP contribution < -0.4 is 16.4 Å². The van der Waals surface area contributed by atoms with Gasteiger partial charge in [0.05, 0.1) is 5.56 Å². The zero-order valence-electron chi connectivity index (χ0n) is 16.6. The molecule has 0 radical (unpaired) electrons. The first kappa shape index (κ1) is 19.6. The van der Waals surface area contributed by atoms with E-state index in [0.717, 1.165) is 42.7 Å². The fourth-order valence-corrected chi connectivity index (χ4v) is 3.34. The van der Waals surface area contributed by atoms with Crippen LogP contribution in [0.3, 0.4) is 0 Å². The summed E-state index contributed by atoms with van der Waals surface area (Å²) in [6.45, 7) is 4.03. The molecule has 7 nitrogen and oxygen atoms in total. The molecular formula is C21H27N7. The molecule has 1 unspecified atom stereocenters. The Bertz CT molecular complexity index is 926. The molecule has 1 atom stereocenters.